The number of likely N-dealkylation sites (tertiary alicyclic amines) is 1. The minimum Gasteiger partial charge on any atom is -0.497 e. The minimum atomic E-state index is -0.138. The zero-order chi connectivity index (χ0) is 18.8. The van der Waals surface area contributed by atoms with Crippen molar-refractivity contribution in [2.45, 2.75) is 18.9 Å². The molecule has 1 aliphatic heterocycles. The Hall–Kier alpha value is -3.29. The number of rotatable bonds is 6. The lowest BCUT2D eigenvalue weighted by atomic mass is 10.1. The molecule has 3 heterocycles. The van der Waals surface area contributed by atoms with Crippen LogP contribution in [0.25, 0.3) is 11.4 Å². The van der Waals surface area contributed by atoms with Gasteiger partial charge in [0.25, 0.3) is 0 Å². The Kier molecular flexibility index (Phi) is 4.53. The van der Waals surface area contributed by atoms with Gasteiger partial charge in [0.1, 0.15) is 17.3 Å². The molecule has 1 aromatic carbocycles. The van der Waals surface area contributed by atoms with E-state index in [1.807, 2.05) is 6.07 Å². The number of furan rings is 1. The van der Waals surface area contributed by atoms with Crippen molar-refractivity contribution in [1.29, 1.82) is 0 Å². The number of benzene rings is 1. The summed E-state index contributed by atoms with van der Waals surface area (Å²) in [4.78, 5) is 18.5. The monoisotopic (exact) mass is 369 g/mol. The summed E-state index contributed by atoms with van der Waals surface area (Å²) in [5, 5.41) is 4.06. The van der Waals surface area contributed by atoms with Crippen LogP contribution in [0.2, 0.25) is 0 Å². The lowest BCUT2D eigenvalue weighted by molar-refractivity contribution is -0.128. The molecule has 27 heavy (non-hydrogen) atoms. The van der Waals surface area contributed by atoms with Crippen LogP contribution in [-0.2, 0) is 11.3 Å². The summed E-state index contributed by atoms with van der Waals surface area (Å²) in [6, 6.07) is 9.04. The van der Waals surface area contributed by atoms with E-state index in [2.05, 4.69) is 10.1 Å². The van der Waals surface area contributed by atoms with Crippen LogP contribution in [0.1, 0.15) is 24.0 Å². The summed E-state index contributed by atoms with van der Waals surface area (Å²) < 4.78 is 21.3. The lowest BCUT2D eigenvalue weighted by Gasteiger charge is -2.13. The van der Waals surface area contributed by atoms with Gasteiger partial charge >= 0.3 is 0 Å². The van der Waals surface area contributed by atoms with E-state index in [0.717, 1.165) is 11.3 Å². The van der Waals surface area contributed by atoms with E-state index in [1.54, 1.807) is 49.6 Å². The highest BCUT2D eigenvalue weighted by Crippen LogP contribution is 2.32. The minimum absolute atomic E-state index is 0.0409. The third-order valence-electron chi connectivity index (χ3n) is 4.54. The van der Waals surface area contributed by atoms with Crippen molar-refractivity contribution < 1.29 is 23.2 Å². The van der Waals surface area contributed by atoms with E-state index in [9.17, 15) is 4.79 Å². The maximum Gasteiger partial charge on any atom is 0.232 e. The second-order valence-corrected chi connectivity index (χ2v) is 6.31. The first-order valence-electron chi connectivity index (χ1n) is 8.53. The van der Waals surface area contributed by atoms with Crippen LogP contribution in [0.5, 0.6) is 11.5 Å². The zero-order valence-corrected chi connectivity index (χ0v) is 15.0. The summed E-state index contributed by atoms with van der Waals surface area (Å²) in [6.45, 7) is 0.957. The van der Waals surface area contributed by atoms with Gasteiger partial charge in [-0.25, -0.2) is 0 Å². The largest absolute Gasteiger partial charge is 0.497 e. The predicted molar refractivity (Wildman–Crippen MR) is 94.3 cm³/mol. The molecule has 0 bridgehead atoms. The number of methoxy groups -OCH3 is 2. The van der Waals surface area contributed by atoms with Crippen molar-refractivity contribution in [1.82, 2.24) is 15.0 Å². The highest BCUT2D eigenvalue weighted by Gasteiger charge is 2.34. The smallest absolute Gasteiger partial charge is 0.232 e. The van der Waals surface area contributed by atoms with Gasteiger partial charge in [-0.1, -0.05) is 5.16 Å². The van der Waals surface area contributed by atoms with Crippen LogP contribution < -0.4 is 9.47 Å². The number of carbonyl (C=O) groups excluding carboxylic acids is 1. The highest BCUT2D eigenvalue weighted by molar-refractivity contribution is 5.79. The maximum atomic E-state index is 12.3. The second-order valence-electron chi connectivity index (χ2n) is 6.31. The van der Waals surface area contributed by atoms with Gasteiger partial charge in [-0.3, -0.25) is 4.79 Å². The molecule has 140 valence electrons. The van der Waals surface area contributed by atoms with E-state index in [-0.39, 0.29) is 11.8 Å². The first-order chi connectivity index (χ1) is 13.2. The summed E-state index contributed by atoms with van der Waals surface area (Å²) in [7, 11) is 3.16. The molecule has 8 nitrogen and oxygen atoms in total. The second kappa shape index (κ2) is 7.14. The molecule has 3 aromatic rings. The molecule has 0 saturated carbocycles. The number of hydrogen-bond acceptors (Lipinski definition) is 7. The van der Waals surface area contributed by atoms with Crippen molar-refractivity contribution in [2.75, 3.05) is 20.8 Å². The molecule has 0 aliphatic carbocycles. The molecule has 4 rings (SSSR count). The van der Waals surface area contributed by atoms with Gasteiger partial charge in [-0.05, 0) is 24.3 Å². The third kappa shape index (κ3) is 3.51. The van der Waals surface area contributed by atoms with E-state index in [4.69, 9.17) is 18.4 Å². The van der Waals surface area contributed by atoms with Crippen LogP contribution in [0.15, 0.2) is 45.5 Å². The number of carbonyl (C=O) groups is 1. The maximum absolute atomic E-state index is 12.3. The molecule has 1 unspecified atom stereocenters. The van der Waals surface area contributed by atoms with E-state index in [0.29, 0.717) is 42.7 Å². The van der Waals surface area contributed by atoms with Crippen molar-refractivity contribution in [3.8, 4) is 22.9 Å². The summed E-state index contributed by atoms with van der Waals surface area (Å²) in [6.07, 6.45) is 1.93. The first-order valence-corrected chi connectivity index (χ1v) is 8.53. The highest BCUT2D eigenvalue weighted by atomic mass is 16.5. The van der Waals surface area contributed by atoms with Gasteiger partial charge in [-0.2, -0.15) is 4.98 Å². The van der Waals surface area contributed by atoms with Crippen molar-refractivity contribution in [3.63, 3.8) is 0 Å². The molecule has 1 fully saturated rings. The number of nitrogens with zero attached hydrogens (tertiary/aromatic N) is 3. The SMILES string of the molecule is COc1cc(OC)cc(-c2noc(C3CC(=O)N(Cc4ccco4)C3)n2)c1. The third-order valence-corrected chi connectivity index (χ3v) is 4.54. The van der Waals surface area contributed by atoms with Gasteiger partial charge in [0, 0.05) is 24.6 Å². The number of hydrogen-bond donors (Lipinski definition) is 0. The molecule has 2 aromatic heterocycles. The number of ether oxygens (including phenoxy) is 2. The van der Waals surface area contributed by atoms with Crippen LogP contribution in [0.4, 0.5) is 0 Å². The average Bonchev–Trinajstić information content (AvgIpc) is 3.43. The van der Waals surface area contributed by atoms with Crippen LogP contribution in [-0.4, -0.2) is 41.7 Å². The van der Waals surface area contributed by atoms with Crippen molar-refractivity contribution in [2.24, 2.45) is 0 Å². The molecule has 0 N–H and O–H groups in total. The number of aromatic nitrogens is 2. The Bertz CT molecular complexity index is 912. The molecule has 8 heteroatoms. The Balaban J connectivity index is 1.52. The average molecular weight is 369 g/mol. The Morgan fingerprint density at radius 2 is 2.00 bits per heavy atom. The standard InChI is InChI=1S/C19H19N3O5/c1-24-15-6-12(7-16(9-15)25-2)18-20-19(27-21-18)13-8-17(23)22(10-13)11-14-4-3-5-26-14/h3-7,9,13H,8,10-11H2,1-2H3. The Morgan fingerprint density at radius 3 is 2.67 bits per heavy atom. The Morgan fingerprint density at radius 1 is 1.22 bits per heavy atom. The van der Waals surface area contributed by atoms with Gasteiger partial charge in [-0.15, -0.1) is 0 Å². The fourth-order valence-electron chi connectivity index (χ4n) is 3.14. The van der Waals surface area contributed by atoms with E-state index in [1.165, 1.54) is 0 Å². The van der Waals surface area contributed by atoms with Gasteiger partial charge in [0.2, 0.25) is 17.6 Å². The van der Waals surface area contributed by atoms with Crippen LogP contribution in [0, 0.1) is 0 Å². The van der Waals surface area contributed by atoms with E-state index >= 15 is 0 Å². The summed E-state index contributed by atoms with van der Waals surface area (Å²) >= 11 is 0. The van der Waals surface area contributed by atoms with Gasteiger partial charge in [0.15, 0.2) is 0 Å². The normalized spacial score (nSPS) is 16.7. The quantitative estimate of drug-likeness (QED) is 0.660. The molecular weight excluding hydrogens is 350 g/mol. The van der Waals surface area contributed by atoms with Crippen molar-refractivity contribution >= 4 is 5.91 Å². The van der Waals surface area contributed by atoms with E-state index < -0.39 is 0 Å². The fraction of sp³-hybridized carbons (Fsp3) is 0.316. The van der Waals surface area contributed by atoms with Gasteiger partial charge in [0.05, 0.1) is 32.9 Å². The zero-order valence-electron chi connectivity index (χ0n) is 15.0. The lowest BCUT2D eigenvalue weighted by Crippen LogP contribution is -2.24. The molecule has 1 aliphatic rings. The summed E-state index contributed by atoms with van der Waals surface area (Å²) in [5.41, 5.74) is 0.720. The molecule has 0 radical (unpaired) electrons. The van der Waals surface area contributed by atoms with Crippen LogP contribution >= 0.6 is 0 Å². The van der Waals surface area contributed by atoms with Crippen LogP contribution in [0.3, 0.4) is 0 Å². The topological polar surface area (TPSA) is 90.8 Å². The molecule has 0 spiro atoms. The predicted octanol–water partition coefficient (Wildman–Crippen LogP) is 2.86. The summed E-state index contributed by atoms with van der Waals surface area (Å²) in [5.74, 6) is 2.80. The molecule has 1 saturated heterocycles. The molecule has 1 atom stereocenters. The Labute approximate surface area is 155 Å². The number of amides is 1. The van der Waals surface area contributed by atoms with Crippen molar-refractivity contribution in [3.05, 3.63) is 48.2 Å². The molecule has 1 amide bonds. The molecular formula is C19H19N3O5. The first kappa shape index (κ1) is 17.1. The van der Waals surface area contributed by atoms with Gasteiger partial charge < -0.3 is 23.3 Å². The fourth-order valence-corrected chi connectivity index (χ4v) is 3.14.